The van der Waals surface area contributed by atoms with E-state index < -0.39 is 0 Å². The molecule has 0 aliphatic carbocycles. The van der Waals surface area contributed by atoms with E-state index in [2.05, 4.69) is 20.4 Å². The Kier molecular flexibility index (Phi) is 5.17. The first-order chi connectivity index (χ1) is 15.1. The number of anilines is 1. The van der Waals surface area contributed by atoms with Gasteiger partial charge in [0.25, 0.3) is 5.91 Å². The van der Waals surface area contributed by atoms with E-state index in [0.717, 1.165) is 58.1 Å². The van der Waals surface area contributed by atoms with Gasteiger partial charge in [-0.3, -0.25) is 14.0 Å². The maximum atomic E-state index is 12.5. The Morgan fingerprint density at radius 1 is 1.13 bits per heavy atom. The number of fused-ring (bicyclic) bond motifs is 3. The lowest BCUT2D eigenvalue weighted by molar-refractivity contribution is -0.120. The molecule has 3 heterocycles. The van der Waals surface area contributed by atoms with Gasteiger partial charge in [0.2, 0.25) is 5.91 Å². The van der Waals surface area contributed by atoms with Crippen LogP contribution in [0.1, 0.15) is 23.2 Å². The number of carbonyl (C=O) groups excluding carboxylic acids is 2. The molecule has 0 spiro atoms. The van der Waals surface area contributed by atoms with E-state index in [-0.39, 0.29) is 17.7 Å². The minimum absolute atomic E-state index is 0.0787. The summed E-state index contributed by atoms with van der Waals surface area (Å²) in [6.45, 7) is 1.80. The second-order valence-corrected chi connectivity index (χ2v) is 8.74. The van der Waals surface area contributed by atoms with Crippen LogP contribution in [0.15, 0.2) is 48.7 Å². The molecular weight excluding hydrogens is 410 g/mol. The Balaban J connectivity index is 1.39. The molecule has 2 aromatic carbocycles. The summed E-state index contributed by atoms with van der Waals surface area (Å²) in [4.78, 5) is 29.9. The zero-order valence-electron chi connectivity index (χ0n) is 17.1. The molecule has 1 saturated heterocycles. The first-order valence-electron chi connectivity index (χ1n) is 10.4. The number of nitrogens with one attached hydrogen (secondary N) is 3. The van der Waals surface area contributed by atoms with Gasteiger partial charge in [-0.05, 0) is 56.3 Å². The average Bonchev–Trinajstić information content (AvgIpc) is 3.37. The largest absolute Gasteiger partial charge is 0.355 e. The molecule has 8 heteroatoms. The summed E-state index contributed by atoms with van der Waals surface area (Å²) in [5.41, 5.74) is 4.32. The molecule has 2 aromatic heterocycles. The van der Waals surface area contributed by atoms with Crippen molar-refractivity contribution in [3.63, 3.8) is 0 Å². The lowest BCUT2D eigenvalue weighted by Gasteiger charge is -2.21. The molecule has 1 fully saturated rings. The predicted molar refractivity (Wildman–Crippen MR) is 124 cm³/mol. The molecule has 7 nitrogen and oxygen atoms in total. The quantitative estimate of drug-likeness (QED) is 0.460. The van der Waals surface area contributed by atoms with Gasteiger partial charge in [-0.15, -0.1) is 0 Å². The van der Waals surface area contributed by atoms with Gasteiger partial charge in [0.15, 0.2) is 4.96 Å². The van der Waals surface area contributed by atoms with Crippen LogP contribution in [0.5, 0.6) is 0 Å². The SMILES string of the molecule is CNC(=O)c1ccc(-c2cn3c(n2)sc2cc(NC(=O)C4CCNCC4)ccc23)cc1. The maximum absolute atomic E-state index is 12.5. The van der Waals surface area contributed by atoms with Crippen molar-refractivity contribution in [3.8, 4) is 11.3 Å². The lowest BCUT2D eigenvalue weighted by Crippen LogP contribution is -2.34. The van der Waals surface area contributed by atoms with Gasteiger partial charge < -0.3 is 16.0 Å². The highest BCUT2D eigenvalue weighted by Gasteiger charge is 2.21. The van der Waals surface area contributed by atoms with E-state index in [4.69, 9.17) is 4.98 Å². The van der Waals surface area contributed by atoms with E-state index in [1.807, 2.05) is 36.5 Å². The van der Waals surface area contributed by atoms with Crippen LogP contribution < -0.4 is 16.0 Å². The van der Waals surface area contributed by atoms with Crippen LogP contribution in [0.4, 0.5) is 5.69 Å². The summed E-state index contributed by atoms with van der Waals surface area (Å²) < 4.78 is 3.15. The third kappa shape index (κ3) is 3.80. The summed E-state index contributed by atoms with van der Waals surface area (Å²) in [6.07, 6.45) is 3.78. The highest BCUT2D eigenvalue weighted by molar-refractivity contribution is 7.23. The lowest BCUT2D eigenvalue weighted by atomic mass is 9.97. The number of benzene rings is 2. The van der Waals surface area contributed by atoms with Crippen LogP contribution in [0.25, 0.3) is 26.4 Å². The molecule has 158 valence electrons. The molecular formula is C23H23N5O2S. The number of hydrogen-bond donors (Lipinski definition) is 3. The van der Waals surface area contributed by atoms with Gasteiger partial charge in [0.1, 0.15) is 0 Å². The van der Waals surface area contributed by atoms with Gasteiger partial charge in [0, 0.05) is 36.0 Å². The summed E-state index contributed by atoms with van der Waals surface area (Å²) in [5, 5.41) is 8.99. The third-order valence-corrected chi connectivity index (χ3v) is 6.76. The Bertz CT molecular complexity index is 1270. The van der Waals surface area contributed by atoms with Gasteiger partial charge >= 0.3 is 0 Å². The second kappa shape index (κ2) is 8.13. The minimum Gasteiger partial charge on any atom is -0.355 e. The number of rotatable bonds is 4. The van der Waals surface area contributed by atoms with E-state index in [1.54, 1.807) is 30.5 Å². The number of hydrogen-bond acceptors (Lipinski definition) is 5. The number of aromatic nitrogens is 2. The molecule has 5 rings (SSSR count). The van der Waals surface area contributed by atoms with Crippen LogP contribution >= 0.6 is 11.3 Å². The minimum atomic E-state index is -0.105. The number of imidazole rings is 1. The zero-order chi connectivity index (χ0) is 21.4. The van der Waals surface area contributed by atoms with E-state index in [9.17, 15) is 9.59 Å². The topological polar surface area (TPSA) is 87.5 Å². The summed E-state index contributed by atoms with van der Waals surface area (Å²) in [6, 6.07) is 13.4. The van der Waals surface area contributed by atoms with Crippen molar-refractivity contribution in [1.29, 1.82) is 0 Å². The van der Waals surface area contributed by atoms with Crippen LogP contribution in [-0.4, -0.2) is 41.3 Å². The molecule has 0 atom stereocenters. The van der Waals surface area contributed by atoms with Crippen molar-refractivity contribution in [2.75, 3.05) is 25.5 Å². The maximum Gasteiger partial charge on any atom is 0.251 e. The van der Waals surface area contributed by atoms with E-state index >= 15 is 0 Å². The third-order valence-electron chi connectivity index (χ3n) is 5.74. The molecule has 1 aliphatic heterocycles. The van der Waals surface area contributed by atoms with Crippen molar-refractivity contribution in [2.24, 2.45) is 5.92 Å². The summed E-state index contributed by atoms with van der Waals surface area (Å²) >= 11 is 1.59. The standard InChI is InChI=1S/C23H23N5O2S/c1-24-21(29)15-4-2-14(3-5-15)18-13-28-19-7-6-17(12-20(19)31-23(28)27-18)26-22(30)16-8-10-25-11-9-16/h2-7,12-13,16,25H,8-11H2,1H3,(H,24,29)(H,26,30). The smallest absolute Gasteiger partial charge is 0.251 e. The molecule has 4 aromatic rings. The first-order valence-corrected chi connectivity index (χ1v) is 11.2. The zero-order valence-corrected chi connectivity index (χ0v) is 18.0. The van der Waals surface area contributed by atoms with Crippen molar-refractivity contribution < 1.29 is 9.59 Å². The van der Waals surface area contributed by atoms with Crippen LogP contribution in [-0.2, 0) is 4.79 Å². The second-order valence-electron chi connectivity index (χ2n) is 7.73. The Morgan fingerprint density at radius 3 is 2.65 bits per heavy atom. The van der Waals surface area contributed by atoms with E-state index in [1.165, 1.54) is 0 Å². The number of thiazole rings is 1. The van der Waals surface area contributed by atoms with Crippen molar-refractivity contribution >= 4 is 44.0 Å². The molecule has 0 radical (unpaired) electrons. The monoisotopic (exact) mass is 433 g/mol. The molecule has 1 aliphatic rings. The average molecular weight is 434 g/mol. The molecule has 0 unspecified atom stereocenters. The Hall–Kier alpha value is -3.23. The number of piperidine rings is 1. The van der Waals surface area contributed by atoms with Gasteiger partial charge in [-0.25, -0.2) is 4.98 Å². The molecule has 0 bridgehead atoms. The van der Waals surface area contributed by atoms with Crippen LogP contribution in [0, 0.1) is 5.92 Å². The van der Waals surface area contributed by atoms with Gasteiger partial charge in [0.05, 0.1) is 15.9 Å². The first kappa shape index (κ1) is 19.7. The number of nitrogens with zero attached hydrogens (tertiary/aromatic N) is 2. The van der Waals surface area contributed by atoms with Gasteiger partial charge in [-0.1, -0.05) is 23.5 Å². The predicted octanol–water partition coefficient (Wildman–Crippen LogP) is 3.51. The molecule has 31 heavy (non-hydrogen) atoms. The number of amides is 2. The molecule has 0 saturated carbocycles. The van der Waals surface area contributed by atoms with Crippen LogP contribution in [0.3, 0.4) is 0 Å². The van der Waals surface area contributed by atoms with Crippen molar-refractivity contribution in [1.82, 2.24) is 20.0 Å². The summed E-state index contributed by atoms with van der Waals surface area (Å²) in [7, 11) is 1.62. The van der Waals surface area contributed by atoms with Crippen molar-refractivity contribution in [2.45, 2.75) is 12.8 Å². The molecule has 2 amide bonds. The summed E-state index contributed by atoms with van der Waals surface area (Å²) in [5.74, 6) is 0.0750. The Morgan fingerprint density at radius 2 is 1.90 bits per heavy atom. The highest BCUT2D eigenvalue weighted by Crippen LogP contribution is 2.31. The molecule has 3 N–H and O–H groups in total. The van der Waals surface area contributed by atoms with E-state index in [0.29, 0.717) is 5.56 Å². The van der Waals surface area contributed by atoms with Gasteiger partial charge in [-0.2, -0.15) is 0 Å². The number of carbonyl (C=O) groups is 2. The highest BCUT2D eigenvalue weighted by atomic mass is 32.1. The normalized spacial score (nSPS) is 14.7. The fraction of sp³-hybridized carbons (Fsp3) is 0.261. The van der Waals surface area contributed by atoms with Crippen molar-refractivity contribution in [3.05, 3.63) is 54.2 Å². The van der Waals surface area contributed by atoms with Crippen LogP contribution in [0.2, 0.25) is 0 Å². The fourth-order valence-corrected chi connectivity index (χ4v) is 5.03. The fourth-order valence-electron chi connectivity index (χ4n) is 3.98. The Labute approximate surface area is 183 Å².